The molecule has 0 fully saturated rings. The third kappa shape index (κ3) is 1.32. The lowest BCUT2D eigenvalue weighted by molar-refractivity contribution is 0.0990. The summed E-state index contributed by atoms with van der Waals surface area (Å²) in [5.41, 5.74) is 2.81. The van der Waals surface area contributed by atoms with Crippen molar-refractivity contribution in [1.82, 2.24) is 15.0 Å². The smallest absolute Gasteiger partial charge is 0.279 e. The van der Waals surface area contributed by atoms with Crippen LogP contribution in [0.1, 0.15) is 10.5 Å². The number of carbonyl (C=O) groups excluding carboxylic acids is 1. The second kappa shape index (κ2) is 3.49. The maximum Gasteiger partial charge on any atom is 0.279 e. The van der Waals surface area contributed by atoms with Crippen LogP contribution in [0.25, 0.3) is 0 Å². The summed E-state index contributed by atoms with van der Waals surface area (Å²) < 4.78 is 0. The Bertz CT molecular complexity index is 596. The zero-order valence-electron chi connectivity index (χ0n) is 9.28. The Morgan fingerprint density at radius 3 is 2.88 bits per heavy atom. The lowest BCUT2D eigenvalue weighted by Gasteiger charge is -2.18. The highest BCUT2D eigenvalue weighted by molar-refractivity contribution is 7.14. The third-order valence-corrected chi connectivity index (χ3v) is 3.61. The van der Waals surface area contributed by atoms with E-state index in [2.05, 4.69) is 15.0 Å². The molecule has 0 saturated carbocycles. The van der Waals surface area contributed by atoms with Gasteiger partial charge in [0, 0.05) is 14.1 Å². The largest absolute Gasteiger partial charge is 0.317 e. The van der Waals surface area contributed by atoms with Crippen molar-refractivity contribution in [3.8, 4) is 0 Å². The summed E-state index contributed by atoms with van der Waals surface area (Å²) in [6.45, 7) is 0. The number of hydrogen-bond acceptors (Lipinski definition) is 6. The van der Waals surface area contributed by atoms with Crippen molar-refractivity contribution in [2.75, 3.05) is 23.9 Å². The molecule has 0 spiro atoms. The van der Waals surface area contributed by atoms with Gasteiger partial charge in [-0.3, -0.25) is 4.79 Å². The molecule has 6 nitrogen and oxygen atoms in total. The molecule has 2 aromatic rings. The molecule has 0 bridgehead atoms. The van der Waals surface area contributed by atoms with E-state index in [1.165, 1.54) is 22.6 Å². The van der Waals surface area contributed by atoms with E-state index < -0.39 is 0 Å². The average molecular weight is 247 g/mol. The van der Waals surface area contributed by atoms with Crippen molar-refractivity contribution in [1.29, 1.82) is 0 Å². The molecule has 0 N–H and O–H groups in total. The molecular formula is C10H9N5OS. The molecule has 0 aromatic carbocycles. The number of hydrogen-bond donors (Lipinski definition) is 0. The molecule has 0 aliphatic carbocycles. The van der Waals surface area contributed by atoms with Gasteiger partial charge in [-0.25, -0.2) is 15.0 Å². The lowest BCUT2D eigenvalue weighted by Crippen LogP contribution is -2.25. The van der Waals surface area contributed by atoms with Crippen LogP contribution in [0, 0.1) is 0 Å². The molecule has 3 rings (SSSR count). The first-order valence-corrected chi connectivity index (χ1v) is 5.83. The Morgan fingerprint density at radius 2 is 2.06 bits per heavy atom. The van der Waals surface area contributed by atoms with Crippen LogP contribution < -0.4 is 9.80 Å². The predicted molar refractivity (Wildman–Crippen MR) is 64.9 cm³/mol. The number of aromatic nitrogens is 3. The standard InChI is InChI=1S/C10H9N5OS/c1-14-6-3-11-4-12-8(6)15(2)10-7(9(14)16)13-5-17-10/h3-5H,1-2H3. The van der Waals surface area contributed by atoms with Crippen LogP contribution >= 0.6 is 11.3 Å². The van der Waals surface area contributed by atoms with E-state index in [0.29, 0.717) is 17.2 Å². The molecule has 2 aromatic heterocycles. The van der Waals surface area contributed by atoms with Crippen molar-refractivity contribution < 1.29 is 4.79 Å². The molecule has 0 radical (unpaired) electrons. The highest BCUT2D eigenvalue weighted by Crippen LogP contribution is 2.38. The number of amides is 1. The first-order chi connectivity index (χ1) is 8.20. The van der Waals surface area contributed by atoms with E-state index in [-0.39, 0.29) is 5.91 Å². The minimum atomic E-state index is -0.137. The Kier molecular flexibility index (Phi) is 2.08. The minimum Gasteiger partial charge on any atom is -0.317 e. The van der Waals surface area contributed by atoms with Gasteiger partial charge >= 0.3 is 0 Å². The van der Waals surface area contributed by atoms with Crippen molar-refractivity contribution >= 4 is 33.8 Å². The van der Waals surface area contributed by atoms with Gasteiger partial charge in [0.25, 0.3) is 5.91 Å². The third-order valence-electron chi connectivity index (χ3n) is 2.71. The number of carbonyl (C=O) groups is 1. The molecule has 17 heavy (non-hydrogen) atoms. The summed E-state index contributed by atoms with van der Waals surface area (Å²) >= 11 is 1.42. The summed E-state index contributed by atoms with van der Waals surface area (Å²) in [6.07, 6.45) is 3.10. The van der Waals surface area contributed by atoms with E-state index >= 15 is 0 Å². The van der Waals surface area contributed by atoms with Crippen molar-refractivity contribution in [2.45, 2.75) is 0 Å². The number of fused-ring (bicyclic) bond motifs is 2. The van der Waals surface area contributed by atoms with Gasteiger partial charge in [0.15, 0.2) is 11.5 Å². The summed E-state index contributed by atoms with van der Waals surface area (Å²) in [4.78, 5) is 27.9. The number of nitrogens with zero attached hydrogens (tertiary/aromatic N) is 5. The molecule has 0 atom stereocenters. The van der Waals surface area contributed by atoms with E-state index in [4.69, 9.17) is 0 Å². The zero-order valence-corrected chi connectivity index (χ0v) is 10.1. The molecule has 86 valence electrons. The molecule has 1 amide bonds. The van der Waals surface area contributed by atoms with Crippen LogP contribution in [0.5, 0.6) is 0 Å². The topological polar surface area (TPSA) is 62.2 Å². The van der Waals surface area contributed by atoms with Crippen molar-refractivity contribution in [3.05, 3.63) is 23.7 Å². The molecule has 1 aliphatic heterocycles. The summed E-state index contributed by atoms with van der Waals surface area (Å²) in [5, 5.41) is 0.805. The van der Waals surface area contributed by atoms with Crippen LogP contribution in [0.4, 0.5) is 16.5 Å². The van der Waals surface area contributed by atoms with Crippen LogP contribution in [-0.4, -0.2) is 35.0 Å². The normalized spacial score (nSPS) is 14.4. The molecule has 3 heterocycles. The van der Waals surface area contributed by atoms with Gasteiger partial charge in [-0.1, -0.05) is 0 Å². The Hall–Kier alpha value is -2.02. The van der Waals surface area contributed by atoms with Gasteiger partial charge in [0.1, 0.15) is 17.0 Å². The predicted octanol–water partition coefficient (Wildman–Crippen LogP) is 1.29. The van der Waals surface area contributed by atoms with Gasteiger partial charge in [-0.15, -0.1) is 11.3 Å². The highest BCUT2D eigenvalue weighted by atomic mass is 32.1. The summed E-state index contributed by atoms with van der Waals surface area (Å²) in [5.74, 6) is 0.570. The Labute approximate surface area is 102 Å². The fraction of sp³-hybridized carbons (Fsp3) is 0.200. The molecule has 0 unspecified atom stereocenters. The average Bonchev–Trinajstić information content (AvgIpc) is 2.82. The van der Waals surface area contributed by atoms with E-state index in [9.17, 15) is 4.79 Å². The van der Waals surface area contributed by atoms with Crippen LogP contribution in [-0.2, 0) is 0 Å². The SMILES string of the molecule is CN1C(=O)c2ncsc2N(C)c2ncncc21. The minimum absolute atomic E-state index is 0.137. The fourth-order valence-corrected chi connectivity index (χ4v) is 2.55. The molecule has 7 heteroatoms. The van der Waals surface area contributed by atoms with Gasteiger partial charge in [0.05, 0.1) is 11.7 Å². The van der Waals surface area contributed by atoms with Gasteiger partial charge < -0.3 is 9.80 Å². The molecule has 0 saturated heterocycles. The maximum atomic E-state index is 12.2. The summed E-state index contributed by atoms with van der Waals surface area (Å²) in [7, 11) is 3.57. The second-order valence-electron chi connectivity index (χ2n) is 3.66. The van der Waals surface area contributed by atoms with Crippen molar-refractivity contribution in [2.24, 2.45) is 0 Å². The number of rotatable bonds is 0. The van der Waals surface area contributed by atoms with Gasteiger partial charge in [-0.05, 0) is 0 Å². The van der Waals surface area contributed by atoms with Crippen LogP contribution in [0.15, 0.2) is 18.0 Å². The highest BCUT2D eigenvalue weighted by Gasteiger charge is 2.30. The lowest BCUT2D eigenvalue weighted by atomic mass is 10.4. The van der Waals surface area contributed by atoms with Crippen molar-refractivity contribution in [3.63, 3.8) is 0 Å². The Morgan fingerprint density at radius 1 is 1.24 bits per heavy atom. The number of anilines is 3. The maximum absolute atomic E-state index is 12.2. The van der Waals surface area contributed by atoms with Gasteiger partial charge in [0.2, 0.25) is 0 Å². The fourth-order valence-electron chi connectivity index (χ4n) is 1.80. The van der Waals surface area contributed by atoms with E-state index in [1.807, 2.05) is 11.9 Å². The van der Waals surface area contributed by atoms with E-state index in [0.717, 1.165) is 5.00 Å². The zero-order chi connectivity index (χ0) is 12.0. The quantitative estimate of drug-likeness (QED) is 0.702. The summed E-state index contributed by atoms with van der Waals surface area (Å²) in [6, 6.07) is 0. The molecule has 1 aliphatic rings. The number of thiazole rings is 1. The monoisotopic (exact) mass is 247 g/mol. The van der Waals surface area contributed by atoms with Crippen LogP contribution in [0.2, 0.25) is 0 Å². The molecular weight excluding hydrogens is 238 g/mol. The Balaban J connectivity index is 2.30. The van der Waals surface area contributed by atoms with E-state index in [1.54, 1.807) is 18.8 Å². The van der Waals surface area contributed by atoms with Crippen LogP contribution in [0.3, 0.4) is 0 Å². The van der Waals surface area contributed by atoms with Gasteiger partial charge in [-0.2, -0.15) is 0 Å². The first-order valence-electron chi connectivity index (χ1n) is 4.95. The first kappa shape index (κ1) is 10.2. The second-order valence-corrected chi connectivity index (χ2v) is 4.49.